The molecule has 1 aromatic carbocycles. The topological polar surface area (TPSA) is 66.1 Å². The molecule has 0 aliphatic carbocycles. The highest BCUT2D eigenvalue weighted by Gasteiger charge is 2.04. The number of hydrogen-bond acceptors (Lipinski definition) is 4. The smallest absolute Gasteiger partial charge is 0.219 e. The molecule has 0 spiro atoms. The van der Waals surface area contributed by atoms with Gasteiger partial charge in [0.2, 0.25) is 5.88 Å². The van der Waals surface area contributed by atoms with Gasteiger partial charge >= 0.3 is 0 Å². The minimum Gasteiger partial charge on any atom is -0.439 e. The van der Waals surface area contributed by atoms with Crippen LogP contribution in [0.3, 0.4) is 0 Å². The molecule has 0 aliphatic heterocycles. The van der Waals surface area contributed by atoms with E-state index in [0.29, 0.717) is 23.6 Å². The molecular weight excluding hydrogens is 228 g/mol. The predicted molar refractivity (Wildman–Crippen MR) is 66.3 cm³/mol. The molecule has 0 atom stereocenters. The summed E-state index contributed by atoms with van der Waals surface area (Å²) in [7, 11) is 0. The molecule has 0 saturated heterocycles. The second-order valence-corrected chi connectivity index (χ2v) is 3.68. The number of nitrogens with zero attached hydrogens (tertiary/aromatic N) is 2. The van der Waals surface area contributed by atoms with Crippen molar-refractivity contribution in [3.8, 4) is 17.7 Å². The van der Waals surface area contributed by atoms with Gasteiger partial charge in [0.1, 0.15) is 11.8 Å². The summed E-state index contributed by atoms with van der Waals surface area (Å²) in [5.41, 5.74) is 1.41. The minimum absolute atomic E-state index is 0.0706. The minimum atomic E-state index is 0.0706. The normalized spacial score (nSPS) is 9.78. The Bertz CT molecular complexity index is 559. The highest BCUT2D eigenvalue weighted by Crippen LogP contribution is 2.24. The molecule has 0 radical (unpaired) electrons. The van der Waals surface area contributed by atoms with Crippen LogP contribution in [0.2, 0.25) is 0 Å². The third kappa shape index (κ3) is 2.84. The van der Waals surface area contributed by atoms with Crippen LogP contribution in [0.4, 0.5) is 0 Å². The van der Waals surface area contributed by atoms with Crippen molar-refractivity contribution >= 4 is 0 Å². The summed E-state index contributed by atoms with van der Waals surface area (Å²) >= 11 is 0. The second kappa shape index (κ2) is 5.80. The maximum absolute atomic E-state index is 8.97. The lowest BCUT2D eigenvalue weighted by Crippen LogP contribution is -1.96. The first-order valence-corrected chi connectivity index (χ1v) is 5.56. The first kappa shape index (κ1) is 12.1. The summed E-state index contributed by atoms with van der Waals surface area (Å²) < 4.78 is 5.63. The average Bonchev–Trinajstić information content (AvgIpc) is 2.42. The molecule has 0 bridgehead atoms. The summed E-state index contributed by atoms with van der Waals surface area (Å²) in [5, 5.41) is 17.6. The highest BCUT2D eigenvalue weighted by atomic mass is 16.5. The Morgan fingerprint density at radius 2 is 2.06 bits per heavy atom. The second-order valence-electron chi connectivity index (χ2n) is 3.68. The number of para-hydroxylation sites is 1. The van der Waals surface area contributed by atoms with Crippen LogP contribution < -0.4 is 4.74 Å². The van der Waals surface area contributed by atoms with Crippen LogP contribution in [-0.4, -0.2) is 16.7 Å². The third-order valence-electron chi connectivity index (χ3n) is 2.43. The van der Waals surface area contributed by atoms with Gasteiger partial charge in [-0.05, 0) is 24.1 Å². The van der Waals surface area contributed by atoms with Crippen LogP contribution in [0.25, 0.3) is 0 Å². The Kier molecular flexibility index (Phi) is 3.90. The van der Waals surface area contributed by atoms with Crippen molar-refractivity contribution in [2.75, 3.05) is 6.61 Å². The van der Waals surface area contributed by atoms with Gasteiger partial charge in [-0.1, -0.05) is 18.2 Å². The zero-order valence-corrected chi connectivity index (χ0v) is 9.71. The zero-order chi connectivity index (χ0) is 12.8. The fraction of sp³-hybridized carbons (Fsp3) is 0.143. The molecule has 90 valence electrons. The molecule has 0 saturated carbocycles. The van der Waals surface area contributed by atoms with Crippen molar-refractivity contribution in [1.82, 2.24) is 4.98 Å². The van der Waals surface area contributed by atoms with E-state index in [1.54, 1.807) is 12.1 Å². The Hall–Kier alpha value is -2.38. The standard InChI is InChI=1S/C14H12N2O2/c15-9-11-5-6-14(16-10-11)18-13-4-2-1-3-12(13)7-8-17/h1-6,10,17H,7-8H2. The van der Waals surface area contributed by atoms with Crippen molar-refractivity contribution < 1.29 is 9.84 Å². The number of benzene rings is 1. The molecule has 0 aliphatic rings. The quantitative estimate of drug-likeness (QED) is 0.890. The molecule has 0 unspecified atom stereocenters. The van der Waals surface area contributed by atoms with E-state index in [-0.39, 0.29) is 6.61 Å². The lowest BCUT2D eigenvalue weighted by molar-refractivity contribution is 0.297. The molecule has 0 fully saturated rings. The maximum Gasteiger partial charge on any atom is 0.219 e. The average molecular weight is 240 g/mol. The number of rotatable bonds is 4. The van der Waals surface area contributed by atoms with E-state index in [1.165, 1.54) is 6.20 Å². The molecule has 1 N–H and O–H groups in total. The number of pyridine rings is 1. The van der Waals surface area contributed by atoms with Crippen molar-refractivity contribution in [2.24, 2.45) is 0 Å². The molecule has 2 aromatic rings. The Labute approximate surface area is 105 Å². The van der Waals surface area contributed by atoms with E-state index < -0.39 is 0 Å². The van der Waals surface area contributed by atoms with Gasteiger partial charge in [-0.25, -0.2) is 4.98 Å². The lowest BCUT2D eigenvalue weighted by Gasteiger charge is -2.09. The monoisotopic (exact) mass is 240 g/mol. The lowest BCUT2D eigenvalue weighted by atomic mass is 10.1. The first-order valence-electron chi connectivity index (χ1n) is 5.56. The summed E-state index contributed by atoms with van der Waals surface area (Å²) in [5.74, 6) is 1.10. The van der Waals surface area contributed by atoms with Crippen LogP contribution in [0.1, 0.15) is 11.1 Å². The van der Waals surface area contributed by atoms with Crippen LogP contribution in [0, 0.1) is 11.3 Å². The van der Waals surface area contributed by atoms with Gasteiger partial charge in [-0.3, -0.25) is 0 Å². The SMILES string of the molecule is N#Cc1ccc(Oc2ccccc2CCO)nc1. The van der Waals surface area contributed by atoms with Crippen LogP contribution >= 0.6 is 0 Å². The molecular formula is C14H12N2O2. The van der Waals surface area contributed by atoms with Gasteiger partial charge in [0.05, 0.1) is 5.56 Å². The van der Waals surface area contributed by atoms with Gasteiger partial charge in [0.25, 0.3) is 0 Å². The number of aliphatic hydroxyl groups is 1. The van der Waals surface area contributed by atoms with Crippen LogP contribution in [0.5, 0.6) is 11.6 Å². The van der Waals surface area contributed by atoms with Crippen LogP contribution in [0.15, 0.2) is 42.6 Å². The fourth-order valence-electron chi connectivity index (χ4n) is 1.55. The maximum atomic E-state index is 8.97. The molecule has 1 aromatic heterocycles. The molecule has 18 heavy (non-hydrogen) atoms. The molecule has 0 amide bonds. The number of nitriles is 1. The van der Waals surface area contributed by atoms with Crippen molar-refractivity contribution in [1.29, 1.82) is 5.26 Å². The summed E-state index contributed by atoms with van der Waals surface area (Å²) in [6.45, 7) is 0.0706. The van der Waals surface area contributed by atoms with E-state index in [2.05, 4.69) is 4.98 Å². The Balaban J connectivity index is 2.20. The summed E-state index contributed by atoms with van der Waals surface area (Å²) in [6, 6.07) is 12.8. The fourth-order valence-corrected chi connectivity index (χ4v) is 1.55. The van der Waals surface area contributed by atoms with Crippen molar-refractivity contribution in [3.63, 3.8) is 0 Å². The van der Waals surface area contributed by atoms with Gasteiger partial charge < -0.3 is 9.84 Å². The van der Waals surface area contributed by atoms with Crippen molar-refractivity contribution in [3.05, 3.63) is 53.7 Å². The van der Waals surface area contributed by atoms with Gasteiger partial charge in [0, 0.05) is 18.9 Å². The van der Waals surface area contributed by atoms with E-state index in [1.807, 2.05) is 30.3 Å². The van der Waals surface area contributed by atoms with Crippen LogP contribution in [-0.2, 0) is 6.42 Å². The van der Waals surface area contributed by atoms with Crippen molar-refractivity contribution in [2.45, 2.75) is 6.42 Å². The summed E-state index contributed by atoms with van der Waals surface area (Å²) in [4.78, 5) is 4.04. The zero-order valence-electron chi connectivity index (χ0n) is 9.71. The number of ether oxygens (including phenoxy) is 1. The van der Waals surface area contributed by atoms with E-state index in [4.69, 9.17) is 15.1 Å². The third-order valence-corrected chi connectivity index (χ3v) is 2.43. The summed E-state index contributed by atoms with van der Waals surface area (Å²) in [6.07, 6.45) is 2.00. The largest absolute Gasteiger partial charge is 0.439 e. The number of aromatic nitrogens is 1. The molecule has 4 nitrogen and oxygen atoms in total. The molecule has 4 heteroatoms. The van der Waals surface area contributed by atoms with E-state index in [0.717, 1.165) is 5.56 Å². The highest BCUT2D eigenvalue weighted by molar-refractivity contribution is 5.37. The Morgan fingerprint density at radius 3 is 2.72 bits per heavy atom. The number of hydrogen-bond donors (Lipinski definition) is 1. The molecule has 1 heterocycles. The van der Waals surface area contributed by atoms with Gasteiger partial charge in [-0.2, -0.15) is 5.26 Å². The van der Waals surface area contributed by atoms with Gasteiger partial charge in [0.15, 0.2) is 0 Å². The molecule has 2 rings (SSSR count). The van der Waals surface area contributed by atoms with E-state index in [9.17, 15) is 0 Å². The number of aliphatic hydroxyl groups excluding tert-OH is 1. The Morgan fingerprint density at radius 1 is 1.22 bits per heavy atom. The predicted octanol–water partition coefficient (Wildman–Crippen LogP) is 2.28. The van der Waals surface area contributed by atoms with Gasteiger partial charge in [-0.15, -0.1) is 0 Å². The van der Waals surface area contributed by atoms with E-state index >= 15 is 0 Å². The first-order chi connectivity index (χ1) is 8.83.